The molecule has 1 atom stereocenters. The third-order valence-corrected chi connectivity index (χ3v) is 7.87. The fourth-order valence-corrected chi connectivity index (χ4v) is 5.80. The smallest absolute Gasteiger partial charge is 0.296 e. The fourth-order valence-electron chi connectivity index (χ4n) is 3.98. The summed E-state index contributed by atoms with van der Waals surface area (Å²) in [7, 11) is 1.39. The topological polar surface area (TPSA) is 126 Å². The molecule has 1 amide bonds. The first-order valence-electron chi connectivity index (χ1n) is 11.1. The van der Waals surface area contributed by atoms with Crippen LogP contribution in [-0.4, -0.2) is 39.2 Å². The number of phenolic OH excluding ortho intramolecular Hbond substituents is 1. The van der Waals surface area contributed by atoms with Crippen molar-refractivity contribution < 1.29 is 29.0 Å². The number of furan rings is 1. The van der Waals surface area contributed by atoms with Gasteiger partial charge in [0.05, 0.1) is 18.7 Å². The van der Waals surface area contributed by atoms with Crippen LogP contribution in [0.1, 0.15) is 33.5 Å². The molecule has 11 heteroatoms. The van der Waals surface area contributed by atoms with Crippen LogP contribution in [0.4, 0.5) is 5.13 Å². The first kappa shape index (κ1) is 24.6. The van der Waals surface area contributed by atoms with Crippen molar-refractivity contribution >= 4 is 39.9 Å². The summed E-state index contributed by atoms with van der Waals surface area (Å²) in [6.07, 6.45) is 0. The molecule has 9 nitrogen and oxygen atoms in total. The molecule has 2 aromatic heterocycles. The molecule has 4 aromatic rings. The molecular weight excluding hydrogens is 514 g/mol. The van der Waals surface area contributed by atoms with Gasteiger partial charge in [0, 0.05) is 5.75 Å². The zero-order valence-electron chi connectivity index (χ0n) is 19.7. The fraction of sp³-hybridized carbons (Fsp3) is 0.154. The number of Topliss-reactive ketones (excluding diaryl/α,β-unsaturated/α-hetero) is 1. The van der Waals surface area contributed by atoms with Gasteiger partial charge in [-0.1, -0.05) is 59.5 Å². The Bertz CT molecular complexity index is 1510. The Balaban J connectivity index is 1.54. The van der Waals surface area contributed by atoms with Crippen molar-refractivity contribution in [2.75, 3.05) is 12.0 Å². The van der Waals surface area contributed by atoms with E-state index in [4.69, 9.17) is 9.15 Å². The number of ketones is 1. The number of aromatic nitrogens is 2. The average molecular weight is 536 g/mol. The standard InChI is InChI=1S/C26H21N3O6S2/c1-14-8-11-18(35-14)22(31)20-21(16-9-10-17(30)19(12-16)34-2)29(24(33)23(20)32)25-27-28-26(37-25)36-13-15-6-4-3-5-7-15/h3-12,21,30,32H,13H2,1-2H3. The predicted octanol–water partition coefficient (Wildman–Crippen LogP) is 5.23. The van der Waals surface area contributed by atoms with Crippen molar-refractivity contribution in [2.45, 2.75) is 23.1 Å². The highest BCUT2D eigenvalue weighted by molar-refractivity contribution is 8.00. The van der Waals surface area contributed by atoms with E-state index in [1.165, 1.54) is 53.3 Å². The maximum atomic E-state index is 13.5. The Hall–Kier alpha value is -4.09. The number of benzene rings is 2. The summed E-state index contributed by atoms with van der Waals surface area (Å²) in [6, 6.07) is 16.4. The number of phenols is 1. The van der Waals surface area contributed by atoms with Crippen LogP contribution in [0.2, 0.25) is 0 Å². The van der Waals surface area contributed by atoms with E-state index in [1.54, 1.807) is 19.1 Å². The lowest BCUT2D eigenvalue weighted by Crippen LogP contribution is -2.31. The second kappa shape index (κ2) is 10.1. The number of ether oxygens (including phenoxy) is 1. The van der Waals surface area contributed by atoms with Crippen LogP contribution in [-0.2, 0) is 10.5 Å². The summed E-state index contributed by atoms with van der Waals surface area (Å²) in [5.41, 5.74) is 1.37. The lowest BCUT2D eigenvalue weighted by molar-refractivity contribution is -0.117. The summed E-state index contributed by atoms with van der Waals surface area (Å²) in [4.78, 5) is 28.0. The van der Waals surface area contributed by atoms with Gasteiger partial charge in [0.1, 0.15) is 5.76 Å². The highest BCUT2D eigenvalue weighted by Gasteiger charge is 2.47. The summed E-state index contributed by atoms with van der Waals surface area (Å²) < 4.78 is 11.3. The number of carbonyl (C=O) groups excluding carboxylic acids is 2. The van der Waals surface area contributed by atoms with Gasteiger partial charge < -0.3 is 19.4 Å². The average Bonchev–Trinajstić information content (AvgIpc) is 3.62. The van der Waals surface area contributed by atoms with Crippen LogP contribution in [0.25, 0.3) is 0 Å². The minimum Gasteiger partial charge on any atom is -0.504 e. The minimum atomic E-state index is -1.06. The number of methoxy groups -OCH3 is 1. The first-order valence-corrected chi connectivity index (χ1v) is 12.9. The van der Waals surface area contributed by atoms with Gasteiger partial charge in [0.15, 0.2) is 27.4 Å². The molecule has 0 bridgehead atoms. The number of thioether (sulfide) groups is 1. The van der Waals surface area contributed by atoms with Gasteiger partial charge in [-0.2, -0.15) is 0 Å². The van der Waals surface area contributed by atoms with Gasteiger partial charge in [-0.15, -0.1) is 10.2 Å². The molecule has 188 valence electrons. The van der Waals surface area contributed by atoms with Gasteiger partial charge in [-0.05, 0) is 42.3 Å². The van der Waals surface area contributed by atoms with Crippen LogP contribution >= 0.6 is 23.1 Å². The van der Waals surface area contributed by atoms with E-state index in [-0.39, 0.29) is 28.0 Å². The number of aryl methyl sites for hydroxylation is 1. The number of amides is 1. The van der Waals surface area contributed by atoms with Crippen molar-refractivity contribution in [2.24, 2.45) is 0 Å². The van der Waals surface area contributed by atoms with E-state index in [0.29, 0.717) is 21.4 Å². The monoisotopic (exact) mass is 535 g/mol. The van der Waals surface area contributed by atoms with Crippen LogP contribution < -0.4 is 9.64 Å². The lowest BCUT2D eigenvalue weighted by atomic mass is 9.95. The van der Waals surface area contributed by atoms with Crippen molar-refractivity contribution in [3.8, 4) is 11.5 Å². The third kappa shape index (κ3) is 4.70. The molecule has 2 N–H and O–H groups in total. The number of aliphatic hydroxyl groups is 1. The van der Waals surface area contributed by atoms with Crippen LogP contribution in [0, 0.1) is 6.92 Å². The second-order valence-electron chi connectivity index (χ2n) is 8.14. The number of nitrogens with zero attached hydrogens (tertiary/aromatic N) is 3. The molecule has 1 aliphatic rings. The summed E-state index contributed by atoms with van der Waals surface area (Å²) in [5, 5.41) is 29.6. The molecule has 0 radical (unpaired) electrons. The molecule has 1 aliphatic heterocycles. The Morgan fingerprint density at radius 1 is 1.14 bits per heavy atom. The van der Waals surface area contributed by atoms with Crippen molar-refractivity contribution in [3.63, 3.8) is 0 Å². The molecule has 5 rings (SSSR count). The molecule has 3 heterocycles. The predicted molar refractivity (Wildman–Crippen MR) is 138 cm³/mol. The van der Waals surface area contributed by atoms with Crippen LogP contribution in [0.5, 0.6) is 11.5 Å². The number of aromatic hydroxyl groups is 1. The van der Waals surface area contributed by atoms with Gasteiger partial charge in [-0.3, -0.25) is 14.5 Å². The van der Waals surface area contributed by atoms with Crippen LogP contribution in [0.15, 0.2) is 80.8 Å². The quantitative estimate of drug-likeness (QED) is 0.177. The van der Waals surface area contributed by atoms with E-state index >= 15 is 0 Å². The van der Waals surface area contributed by atoms with E-state index in [0.717, 1.165) is 5.56 Å². The Morgan fingerprint density at radius 3 is 2.62 bits per heavy atom. The zero-order chi connectivity index (χ0) is 26.1. The second-order valence-corrected chi connectivity index (χ2v) is 10.3. The molecule has 0 aliphatic carbocycles. The number of anilines is 1. The molecular formula is C26H21N3O6S2. The Morgan fingerprint density at radius 2 is 1.92 bits per heavy atom. The maximum absolute atomic E-state index is 13.5. The molecule has 0 fully saturated rings. The van der Waals surface area contributed by atoms with E-state index in [1.807, 2.05) is 30.3 Å². The SMILES string of the molecule is COc1cc(C2C(C(=O)c3ccc(C)o3)=C(O)C(=O)N2c2nnc(SCc3ccccc3)s2)ccc1O. The first-order chi connectivity index (χ1) is 17.9. The van der Waals surface area contributed by atoms with E-state index < -0.39 is 23.5 Å². The third-order valence-electron chi connectivity index (χ3n) is 5.74. The molecule has 1 unspecified atom stereocenters. The summed E-state index contributed by atoms with van der Waals surface area (Å²) in [5.74, 6) is -0.940. The Kier molecular flexibility index (Phi) is 6.72. The summed E-state index contributed by atoms with van der Waals surface area (Å²) >= 11 is 2.64. The number of rotatable bonds is 8. The lowest BCUT2D eigenvalue weighted by Gasteiger charge is -2.24. The highest BCUT2D eigenvalue weighted by atomic mass is 32.2. The zero-order valence-corrected chi connectivity index (χ0v) is 21.4. The Labute approximate surface area is 220 Å². The summed E-state index contributed by atoms with van der Waals surface area (Å²) in [6.45, 7) is 1.69. The molecule has 0 saturated heterocycles. The van der Waals surface area contributed by atoms with Gasteiger partial charge >= 0.3 is 0 Å². The van der Waals surface area contributed by atoms with Gasteiger partial charge in [-0.25, -0.2) is 0 Å². The molecule has 37 heavy (non-hydrogen) atoms. The van der Waals surface area contributed by atoms with Crippen molar-refractivity contribution in [3.05, 3.63) is 94.6 Å². The van der Waals surface area contributed by atoms with E-state index in [2.05, 4.69) is 10.2 Å². The number of carbonyl (C=O) groups is 2. The number of hydrogen-bond acceptors (Lipinski definition) is 10. The highest BCUT2D eigenvalue weighted by Crippen LogP contribution is 2.45. The molecule has 0 saturated carbocycles. The van der Waals surface area contributed by atoms with Gasteiger partial charge in [0.25, 0.3) is 5.91 Å². The van der Waals surface area contributed by atoms with Crippen molar-refractivity contribution in [1.29, 1.82) is 0 Å². The van der Waals surface area contributed by atoms with E-state index in [9.17, 15) is 19.8 Å². The maximum Gasteiger partial charge on any atom is 0.296 e. The minimum absolute atomic E-state index is 0.0131. The number of aliphatic hydroxyl groups excluding tert-OH is 1. The molecule has 0 spiro atoms. The van der Waals surface area contributed by atoms with Gasteiger partial charge in [0.2, 0.25) is 10.9 Å². The number of hydrogen-bond donors (Lipinski definition) is 2. The largest absolute Gasteiger partial charge is 0.504 e. The normalized spacial score (nSPS) is 15.5. The molecule has 2 aromatic carbocycles. The van der Waals surface area contributed by atoms with Crippen molar-refractivity contribution in [1.82, 2.24) is 10.2 Å². The van der Waals surface area contributed by atoms with Crippen LogP contribution in [0.3, 0.4) is 0 Å².